The molecule has 0 saturated heterocycles. The number of aromatic hydroxyl groups is 2. The maximum absolute atomic E-state index is 11.1. The molecule has 0 atom stereocenters. The molecule has 0 aliphatic carbocycles. The molecular formula is C14H14O4. The molecular weight excluding hydrogens is 232 g/mol. The zero-order chi connectivity index (χ0) is 13.3. The largest absolute Gasteiger partial charge is 0.504 e. The van der Waals surface area contributed by atoms with Gasteiger partial charge in [0, 0.05) is 17.0 Å². The van der Waals surface area contributed by atoms with Gasteiger partial charge in [0.2, 0.25) is 5.75 Å². The van der Waals surface area contributed by atoms with E-state index in [-0.39, 0.29) is 17.1 Å². The summed E-state index contributed by atoms with van der Waals surface area (Å²) in [5.74, 6) is -0.628. The van der Waals surface area contributed by atoms with Crippen molar-refractivity contribution in [2.75, 3.05) is 0 Å². The summed E-state index contributed by atoms with van der Waals surface area (Å²) in [6, 6.07) is 4.54. The third-order valence-corrected chi connectivity index (χ3v) is 2.67. The molecule has 4 nitrogen and oxygen atoms in total. The molecule has 0 amide bonds. The lowest BCUT2D eigenvalue weighted by Gasteiger charge is -2.07. The minimum absolute atomic E-state index is 0.0148. The van der Waals surface area contributed by atoms with E-state index < -0.39 is 5.63 Å². The fourth-order valence-corrected chi connectivity index (χ4v) is 1.71. The van der Waals surface area contributed by atoms with E-state index in [0.29, 0.717) is 17.4 Å². The van der Waals surface area contributed by atoms with E-state index >= 15 is 0 Å². The Morgan fingerprint density at radius 3 is 2.67 bits per heavy atom. The van der Waals surface area contributed by atoms with E-state index in [2.05, 4.69) is 0 Å². The van der Waals surface area contributed by atoms with Gasteiger partial charge in [0.15, 0.2) is 11.3 Å². The number of fused-ring (bicyclic) bond motifs is 1. The van der Waals surface area contributed by atoms with Gasteiger partial charge in [-0.3, -0.25) is 0 Å². The molecule has 0 bridgehead atoms. The van der Waals surface area contributed by atoms with Crippen molar-refractivity contribution >= 4 is 11.0 Å². The Hall–Kier alpha value is -2.23. The summed E-state index contributed by atoms with van der Waals surface area (Å²) in [6.07, 6.45) is 2.45. The molecule has 2 rings (SSSR count). The van der Waals surface area contributed by atoms with Crippen molar-refractivity contribution in [1.82, 2.24) is 0 Å². The van der Waals surface area contributed by atoms with Crippen molar-refractivity contribution in [3.8, 4) is 11.5 Å². The first kappa shape index (κ1) is 12.2. The molecule has 2 N–H and O–H groups in total. The van der Waals surface area contributed by atoms with Gasteiger partial charge >= 0.3 is 5.63 Å². The van der Waals surface area contributed by atoms with Crippen LogP contribution in [0.5, 0.6) is 11.5 Å². The van der Waals surface area contributed by atoms with Gasteiger partial charge in [0.05, 0.1) is 0 Å². The molecule has 94 valence electrons. The Kier molecular flexibility index (Phi) is 3.10. The van der Waals surface area contributed by atoms with Gasteiger partial charge < -0.3 is 14.6 Å². The summed E-state index contributed by atoms with van der Waals surface area (Å²) in [6.45, 7) is 3.91. The zero-order valence-electron chi connectivity index (χ0n) is 10.2. The molecule has 1 heterocycles. The fraction of sp³-hybridized carbons (Fsp3) is 0.214. The highest BCUT2D eigenvalue weighted by molar-refractivity contribution is 5.86. The normalized spacial score (nSPS) is 10.6. The minimum atomic E-state index is -0.561. The van der Waals surface area contributed by atoms with Crippen molar-refractivity contribution in [1.29, 1.82) is 0 Å². The SMILES string of the molecule is CC(C)=CCc1cc2ccc(=O)oc2c(O)c1O. The van der Waals surface area contributed by atoms with E-state index in [0.717, 1.165) is 5.57 Å². The van der Waals surface area contributed by atoms with Crippen LogP contribution in [0.1, 0.15) is 19.4 Å². The summed E-state index contributed by atoms with van der Waals surface area (Å²) < 4.78 is 4.87. The highest BCUT2D eigenvalue weighted by atomic mass is 16.4. The van der Waals surface area contributed by atoms with E-state index in [1.54, 1.807) is 12.1 Å². The summed E-state index contributed by atoms with van der Waals surface area (Å²) in [5, 5.41) is 20.3. The third-order valence-electron chi connectivity index (χ3n) is 2.67. The number of phenols is 2. The Morgan fingerprint density at radius 2 is 2.00 bits per heavy atom. The standard InChI is InChI=1S/C14H14O4/c1-8(2)3-4-9-7-10-5-6-11(15)18-14(10)13(17)12(9)16/h3,5-7,16-17H,4H2,1-2H3. The zero-order valence-corrected chi connectivity index (χ0v) is 10.2. The van der Waals surface area contributed by atoms with Crippen molar-refractivity contribution < 1.29 is 14.6 Å². The highest BCUT2D eigenvalue weighted by Gasteiger charge is 2.13. The van der Waals surface area contributed by atoms with Crippen LogP contribution in [0, 0.1) is 0 Å². The Balaban J connectivity index is 2.64. The van der Waals surface area contributed by atoms with Crippen molar-refractivity contribution in [3.63, 3.8) is 0 Å². The Morgan fingerprint density at radius 1 is 1.28 bits per heavy atom. The van der Waals surface area contributed by atoms with Gasteiger partial charge in [-0.05, 0) is 32.4 Å². The first-order valence-corrected chi connectivity index (χ1v) is 5.60. The van der Waals surface area contributed by atoms with Gasteiger partial charge in [-0.2, -0.15) is 0 Å². The molecule has 0 spiro atoms. The van der Waals surface area contributed by atoms with E-state index in [4.69, 9.17) is 4.42 Å². The van der Waals surface area contributed by atoms with E-state index in [1.165, 1.54) is 6.07 Å². The van der Waals surface area contributed by atoms with E-state index in [1.807, 2.05) is 19.9 Å². The molecule has 0 saturated carbocycles. The van der Waals surface area contributed by atoms with Crippen LogP contribution in [-0.4, -0.2) is 10.2 Å². The summed E-state index contributed by atoms with van der Waals surface area (Å²) in [5.41, 5.74) is 1.17. The molecule has 2 aromatic rings. The predicted molar refractivity (Wildman–Crippen MR) is 68.9 cm³/mol. The number of hydrogen-bond acceptors (Lipinski definition) is 4. The van der Waals surface area contributed by atoms with Gasteiger partial charge in [0.25, 0.3) is 0 Å². The van der Waals surface area contributed by atoms with Gasteiger partial charge in [0.1, 0.15) is 0 Å². The summed E-state index contributed by atoms with van der Waals surface area (Å²) in [7, 11) is 0. The Bertz CT molecular complexity index is 676. The maximum atomic E-state index is 11.1. The monoisotopic (exact) mass is 246 g/mol. The first-order chi connectivity index (χ1) is 8.49. The molecule has 0 unspecified atom stereocenters. The molecule has 0 fully saturated rings. The molecule has 1 aromatic carbocycles. The lowest BCUT2D eigenvalue weighted by Crippen LogP contribution is -1.95. The molecule has 18 heavy (non-hydrogen) atoms. The fourth-order valence-electron chi connectivity index (χ4n) is 1.71. The van der Waals surface area contributed by atoms with Crippen LogP contribution in [0.2, 0.25) is 0 Å². The smallest absolute Gasteiger partial charge is 0.336 e. The highest BCUT2D eigenvalue weighted by Crippen LogP contribution is 2.36. The number of phenolic OH excluding ortho intramolecular Hbond substituents is 2. The number of benzene rings is 1. The van der Waals surface area contributed by atoms with Crippen molar-refractivity contribution in [2.45, 2.75) is 20.3 Å². The lowest BCUT2D eigenvalue weighted by atomic mass is 10.1. The first-order valence-electron chi connectivity index (χ1n) is 5.60. The average Bonchev–Trinajstić information content (AvgIpc) is 2.32. The van der Waals surface area contributed by atoms with Crippen molar-refractivity contribution in [3.05, 3.63) is 45.8 Å². The summed E-state index contributed by atoms with van der Waals surface area (Å²) in [4.78, 5) is 11.1. The van der Waals surface area contributed by atoms with Gasteiger partial charge in [-0.25, -0.2) is 4.79 Å². The number of rotatable bonds is 2. The quantitative estimate of drug-likeness (QED) is 0.485. The van der Waals surface area contributed by atoms with E-state index in [9.17, 15) is 15.0 Å². The second-order valence-corrected chi connectivity index (χ2v) is 4.39. The third kappa shape index (κ3) is 2.22. The van der Waals surface area contributed by atoms with Crippen LogP contribution in [-0.2, 0) is 6.42 Å². The Labute approximate surface area is 104 Å². The van der Waals surface area contributed by atoms with Crippen LogP contribution >= 0.6 is 0 Å². The molecule has 0 radical (unpaired) electrons. The maximum Gasteiger partial charge on any atom is 0.336 e. The lowest BCUT2D eigenvalue weighted by molar-refractivity contribution is 0.394. The van der Waals surface area contributed by atoms with Gasteiger partial charge in [-0.15, -0.1) is 0 Å². The summed E-state index contributed by atoms with van der Waals surface area (Å²) >= 11 is 0. The minimum Gasteiger partial charge on any atom is -0.504 e. The van der Waals surface area contributed by atoms with Crippen LogP contribution in [0.4, 0.5) is 0 Å². The van der Waals surface area contributed by atoms with Crippen LogP contribution in [0.25, 0.3) is 11.0 Å². The second kappa shape index (κ2) is 4.56. The molecule has 1 aromatic heterocycles. The predicted octanol–water partition coefficient (Wildman–Crippen LogP) is 2.71. The van der Waals surface area contributed by atoms with Crippen molar-refractivity contribution in [2.24, 2.45) is 0 Å². The topological polar surface area (TPSA) is 70.7 Å². The number of hydrogen-bond donors (Lipinski definition) is 2. The molecule has 4 heteroatoms. The van der Waals surface area contributed by atoms with Crippen LogP contribution in [0.15, 0.2) is 39.1 Å². The second-order valence-electron chi connectivity index (χ2n) is 4.39. The average molecular weight is 246 g/mol. The van der Waals surface area contributed by atoms with Gasteiger partial charge in [-0.1, -0.05) is 11.6 Å². The van der Waals surface area contributed by atoms with Crippen LogP contribution < -0.4 is 5.63 Å². The molecule has 0 aliphatic rings. The number of allylic oxidation sites excluding steroid dienone is 2. The van der Waals surface area contributed by atoms with Crippen LogP contribution in [0.3, 0.4) is 0 Å². The molecule has 0 aliphatic heterocycles.